The highest BCUT2D eigenvalue weighted by atomic mass is 79.9. The number of rotatable bonds is 0. The smallest absolute Gasteiger partial charge is 0.129 e. The second-order valence-corrected chi connectivity index (χ2v) is 2.62. The maximum absolute atomic E-state index is 8.87. The molecule has 0 spiro atoms. The van der Waals surface area contributed by atoms with Crippen LogP contribution in [-0.4, -0.2) is 16.8 Å². The van der Waals surface area contributed by atoms with Crippen LogP contribution >= 0.6 is 15.9 Å². The van der Waals surface area contributed by atoms with Gasteiger partial charge in [0.15, 0.2) is 0 Å². The normalized spacial score (nSPS) is 8.27. The summed E-state index contributed by atoms with van der Waals surface area (Å²) in [6.45, 7) is 1.93. The highest BCUT2D eigenvalue weighted by molar-refractivity contribution is 9.10. The highest BCUT2D eigenvalue weighted by Gasteiger charge is 1.89. The molecule has 0 saturated carbocycles. The summed E-state index contributed by atoms with van der Waals surface area (Å²) in [5, 5.41) is 16.4. The zero-order valence-corrected chi connectivity index (χ0v) is 7.87. The van der Waals surface area contributed by atoms with E-state index in [2.05, 4.69) is 15.9 Å². The van der Waals surface area contributed by atoms with Crippen molar-refractivity contribution in [1.29, 1.82) is 0 Å². The van der Waals surface area contributed by atoms with Crippen molar-refractivity contribution in [3.63, 3.8) is 0 Å². The van der Waals surface area contributed by atoms with Crippen LogP contribution in [0.1, 0.15) is 6.92 Å². The first-order valence-electron chi connectivity index (χ1n) is 3.26. The average molecular weight is 219 g/mol. The van der Waals surface area contributed by atoms with Crippen LogP contribution in [0.5, 0.6) is 5.75 Å². The summed E-state index contributed by atoms with van der Waals surface area (Å²) in [5.41, 5.74) is 0. The minimum atomic E-state index is 0.250. The van der Waals surface area contributed by atoms with Gasteiger partial charge in [0, 0.05) is 6.61 Å². The third-order valence-electron chi connectivity index (χ3n) is 0.852. The van der Waals surface area contributed by atoms with Gasteiger partial charge < -0.3 is 10.2 Å². The number of aliphatic hydroxyl groups is 1. The molecule has 0 aliphatic rings. The maximum Gasteiger partial charge on any atom is 0.129 e. The van der Waals surface area contributed by atoms with Gasteiger partial charge in [0.05, 0.1) is 4.47 Å². The van der Waals surface area contributed by atoms with Crippen molar-refractivity contribution >= 4 is 15.9 Å². The van der Waals surface area contributed by atoms with E-state index in [0.717, 1.165) is 4.47 Å². The van der Waals surface area contributed by atoms with E-state index in [9.17, 15) is 0 Å². The van der Waals surface area contributed by atoms with Gasteiger partial charge in [0.25, 0.3) is 0 Å². The molecule has 0 aromatic heterocycles. The van der Waals surface area contributed by atoms with Crippen LogP contribution in [0.25, 0.3) is 0 Å². The van der Waals surface area contributed by atoms with E-state index in [0.29, 0.717) is 0 Å². The lowest BCUT2D eigenvalue weighted by Crippen LogP contribution is -1.63. The Morgan fingerprint density at radius 1 is 1.36 bits per heavy atom. The first-order chi connectivity index (χ1) is 5.22. The van der Waals surface area contributed by atoms with Crippen LogP contribution in [0.15, 0.2) is 28.7 Å². The molecule has 0 aliphatic heterocycles. The fourth-order valence-electron chi connectivity index (χ4n) is 0.452. The van der Waals surface area contributed by atoms with Crippen molar-refractivity contribution in [2.45, 2.75) is 6.92 Å². The van der Waals surface area contributed by atoms with Gasteiger partial charge >= 0.3 is 0 Å². The molecule has 1 aromatic carbocycles. The molecule has 1 aromatic rings. The zero-order chi connectivity index (χ0) is 8.69. The molecule has 0 heterocycles. The molecule has 2 nitrogen and oxygen atoms in total. The molecule has 0 saturated heterocycles. The number of halogens is 1. The van der Waals surface area contributed by atoms with Crippen LogP contribution in [0.3, 0.4) is 0 Å². The standard InChI is InChI=1S/C6H5BrO.C2H6O/c7-5-3-1-2-4-6(5)8;1-2-3/h1-4,8H;3H,2H2,1H3. The molecular formula is C8H11BrO2. The maximum atomic E-state index is 8.87. The number of benzene rings is 1. The molecule has 11 heavy (non-hydrogen) atoms. The predicted octanol–water partition coefficient (Wildman–Crippen LogP) is 2.15. The average Bonchev–Trinajstić information content (AvgIpc) is 1.97. The number of phenolic OH excluding ortho intramolecular Hbond substituents is 1. The minimum absolute atomic E-state index is 0.250. The van der Waals surface area contributed by atoms with Crippen molar-refractivity contribution in [3.05, 3.63) is 28.7 Å². The van der Waals surface area contributed by atoms with Crippen LogP contribution in [0, 0.1) is 0 Å². The van der Waals surface area contributed by atoms with Gasteiger partial charge in [0.1, 0.15) is 5.75 Å². The van der Waals surface area contributed by atoms with Crippen molar-refractivity contribution in [3.8, 4) is 5.75 Å². The molecule has 0 fully saturated rings. The van der Waals surface area contributed by atoms with E-state index in [1.54, 1.807) is 25.1 Å². The van der Waals surface area contributed by atoms with Gasteiger partial charge in [0.2, 0.25) is 0 Å². The number of aromatic hydroxyl groups is 1. The lowest BCUT2D eigenvalue weighted by Gasteiger charge is -1.90. The quantitative estimate of drug-likeness (QED) is 0.701. The summed E-state index contributed by atoms with van der Waals surface area (Å²) in [7, 11) is 0. The number of aliphatic hydroxyl groups excluding tert-OH is 1. The zero-order valence-electron chi connectivity index (χ0n) is 6.29. The van der Waals surface area contributed by atoms with E-state index in [-0.39, 0.29) is 12.4 Å². The molecule has 2 N–H and O–H groups in total. The van der Waals surface area contributed by atoms with Gasteiger partial charge in [-0.25, -0.2) is 0 Å². The molecule has 1 rings (SSSR count). The van der Waals surface area contributed by atoms with Crippen molar-refractivity contribution in [2.24, 2.45) is 0 Å². The van der Waals surface area contributed by atoms with E-state index in [1.165, 1.54) is 0 Å². The van der Waals surface area contributed by atoms with Gasteiger partial charge in [-0.05, 0) is 35.0 Å². The van der Waals surface area contributed by atoms with Crippen LogP contribution < -0.4 is 0 Å². The Bertz CT molecular complexity index is 180. The topological polar surface area (TPSA) is 40.5 Å². The summed E-state index contributed by atoms with van der Waals surface area (Å²) in [6, 6.07) is 7.04. The SMILES string of the molecule is CCO.Oc1ccccc1Br. The molecule has 0 unspecified atom stereocenters. The number of para-hydroxylation sites is 1. The second kappa shape index (κ2) is 6.19. The second-order valence-electron chi connectivity index (χ2n) is 1.77. The number of hydrogen-bond donors (Lipinski definition) is 2. The minimum Gasteiger partial charge on any atom is -0.507 e. The van der Waals surface area contributed by atoms with Crippen molar-refractivity contribution in [2.75, 3.05) is 6.61 Å². The molecule has 3 heteroatoms. The molecule has 0 atom stereocenters. The van der Waals surface area contributed by atoms with E-state index >= 15 is 0 Å². The summed E-state index contributed by atoms with van der Waals surface area (Å²) >= 11 is 3.15. The van der Waals surface area contributed by atoms with Crippen molar-refractivity contribution in [1.82, 2.24) is 0 Å². The first-order valence-corrected chi connectivity index (χ1v) is 4.06. The third-order valence-corrected chi connectivity index (χ3v) is 1.52. The van der Waals surface area contributed by atoms with Crippen LogP contribution in [-0.2, 0) is 0 Å². The lowest BCUT2D eigenvalue weighted by molar-refractivity contribution is 0.318. The third kappa shape index (κ3) is 4.81. The summed E-state index contributed by atoms with van der Waals surface area (Å²) in [6.07, 6.45) is 0. The summed E-state index contributed by atoms with van der Waals surface area (Å²) < 4.78 is 0.736. The van der Waals surface area contributed by atoms with Crippen LogP contribution in [0.4, 0.5) is 0 Å². The summed E-state index contributed by atoms with van der Waals surface area (Å²) in [5.74, 6) is 0.285. The van der Waals surface area contributed by atoms with Crippen LogP contribution in [0.2, 0.25) is 0 Å². The summed E-state index contributed by atoms with van der Waals surface area (Å²) in [4.78, 5) is 0. The number of hydrogen-bond acceptors (Lipinski definition) is 2. The highest BCUT2D eigenvalue weighted by Crippen LogP contribution is 2.21. The Morgan fingerprint density at radius 2 is 1.82 bits per heavy atom. The molecule has 0 bridgehead atoms. The molecule has 0 amide bonds. The Morgan fingerprint density at radius 3 is 2.09 bits per heavy atom. The van der Waals surface area contributed by atoms with E-state index in [4.69, 9.17) is 10.2 Å². The number of phenols is 1. The fourth-order valence-corrected chi connectivity index (χ4v) is 0.737. The molecule has 0 aliphatic carbocycles. The van der Waals surface area contributed by atoms with Gasteiger partial charge in [-0.1, -0.05) is 12.1 Å². The Hall–Kier alpha value is -0.540. The fraction of sp³-hybridized carbons (Fsp3) is 0.250. The first kappa shape index (κ1) is 10.5. The van der Waals surface area contributed by atoms with Gasteiger partial charge in [-0.15, -0.1) is 0 Å². The van der Waals surface area contributed by atoms with E-state index < -0.39 is 0 Å². The molecular weight excluding hydrogens is 208 g/mol. The van der Waals surface area contributed by atoms with Crippen molar-refractivity contribution < 1.29 is 10.2 Å². The molecule has 62 valence electrons. The lowest BCUT2D eigenvalue weighted by atomic mass is 10.3. The van der Waals surface area contributed by atoms with Gasteiger partial charge in [-0.3, -0.25) is 0 Å². The Labute approximate surface area is 74.6 Å². The molecule has 0 radical (unpaired) electrons. The van der Waals surface area contributed by atoms with E-state index in [1.807, 2.05) is 6.07 Å². The Balaban J connectivity index is 0.000000292. The monoisotopic (exact) mass is 218 g/mol. The predicted molar refractivity (Wildman–Crippen MR) is 48.6 cm³/mol. The largest absolute Gasteiger partial charge is 0.507 e. The van der Waals surface area contributed by atoms with Gasteiger partial charge in [-0.2, -0.15) is 0 Å². The Kier molecular flexibility index (Phi) is 5.88.